The van der Waals surface area contributed by atoms with Gasteiger partial charge < -0.3 is 15.5 Å². The van der Waals surface area contributed by atoms with E-state index < -0.39 is 5.97 Å². The van der Waals surface area contributed by atoms with Crippen LogP contribution >= 0.6 is 0 Å². The van der Waals surface area contributed by atoms with Gasteiger partial charge in [-0.05, 0) is 30.7 Å². The molecule has 0 aliphatic carbocycles. The number of nitrogens with one attached hydrogen (secondary N) is 1. The third-order valence-electron chi connectivity index (χ3n) is 2.33. The van der Waals surface area contributed by atoms with Crippen LogP contribution in [-0.4, -0.2) is 28.8 Å². The van der Waals surface area contributed by atoms with Crippen molar-refractivity contribution in [2.24, 2.45) is 0 Å². The molecule has 0 saturated carbocycles. The van der Waals surface area contributed by atoms with Crippen molar-refractivity contribution >= 4 is 5.97 Å². The second-order valence-electron chi connectivity index (χ2n) is 3.72. The fraction of sp³-hybridized carbons (Fsp3) is 0.417. The number of carbonyl (C=O) groups is 1. The number of likely N-dealkylation sites (N-methyl/N-ethyl adjacent to an activating group) is 1. The maximum Gasteiger partial charge on any atom is 0.304 e. The Hall–Kier alpha value is -1.55. The largest absolute Gasteiger partial charge is 0.508 e. The van der Waals surface area contributed by atoms with E-state index in [2.05, 4.69) is 5.32 Å². The second kappa shape index (κ2) is 6.12. The van der Waals surface area contributed by atoms with Crippen molar-refractivity contribution in [2.45, 2.75) is 25.8 Å². The monoisotopic (exact) mass is 223 g/mol. The summed E-state index contributed by atoms with van der Waals surface area (Å²) >= 11 is 0. The van der Waals surface area contributed by atoms with Gasteiger partial charge in [0.05, 0.1) is 6.42 Å². The summed E-state index contributed by atoms with van der Waals surface area (Å²) in [5.74, 6) is -0.577. The lowest BCUT2D eigenvalue weighted by Crippen LogP contribution is -2.33. The molecule has 0 aliphatic heterocycles. The summed E-state index contributed by atoms with van der Waals surface area (Å²) in [6, 6.07) is 6.77. The zero-order chi connectivity index (χ0) is 12.0. The smallest absolute Gasteiger partial charge is 0.304 e. The first-order chi connectivity index (χ1) is 7.61. The van der Waals surface area contributed by atoms with Crippen LogP contribution in [0.3, 0.4) is 0 Å². The molecule has 0 bridgehead atoms. The van der Waals surface area contributed by atoms with Gasteiger partial charge in [0, 0.05) is 6.04 Å². The molecule has 0 saturated heterocycles. The van der Waals surface area contributed by atoms with Gasteiger partial charge in [0.25, 0.3) is 0 Å². The summed E-state index contributed by atoms with van der Waals surface area (Å²) < 4.78 is 0. The van der Waals surface area contributed by atoms with Crippen LogP contribution in [0.1, 0.15) is 18.9 Å². The number of carboxylic acid groups (broad SMARTS) is 1. The van der Waals surface area contributed by atoms with Crippen molar-refractivity contribution in [3.8, 4) is 5.75 Å². The van der Waals surface area contributed by atoms with Gasteiger partial charge in [0.2, 0.25) is 0 Å². The summed E-state index contributed by atoms with van der Waals surface area (Å²) in [5, 5.41) is 21.0. The van der Waals surface area contributed by atoms with E-state index in [-0.39, 0.29) is 18.2 Å². The van der Waals surface area contributed by atoms with Crippen LogP contribution in [0.25, 0.3) is 0 Å². The van der Waals surface area contributed by atoms with E-state index in [0.717, 1.165) is 12.1 Å². The highest BCUT2D eigenvalue weighted by atomic mass is 16.4. The number of benzene rings is 1. The summed E-state index contributed by atoms with van der Waals surface area (Å²) in [6.07, 6.45) is 0.759. The minimum Gasteiger partial charge on any atom is -0.508 e. The molecule has 0 fully saturated rings. The number of carboxylic acids is 1. The van der Waals surface area contributed by atoms with Gasteiger partial charge in [-0.2, -0.15) is 0 Å². The van der Waals surface area contributed by atoms with Crippen LogP contribution in [-0.2, 0) is 11.2 Å². The SMILES string of the molecule is CCN[C@H](CC(=O)O)Cc1ccc(O)cc1. The Labute approximate surface area is 94.9 Å². The lowest BCUT2D eigenvalue weighted by atomic mass is 10.0. The highest BCUT2D eigenvalue weighted by Crippen LogP contribution is 2.12. The highest BCUT2D eigenvalue weighted by Gasteiger charge is 2.12. The molecule has 4 heteroatoms. The highest BCUT2D eigenvalue weighted by molar-refractivity contribution is 5.67. The number of rotatable bonds is 6. The Kier molecular flexibility index (Phi) is 4.79. The standard InChI is InChI=1S/C12H17NO3/c1-2-13-10(8-12(15)16)7-9-3-5-11(14)6-4-9/h3-6,10,13-14H,2,7-8H2,1H3,(H,15,16)/t10-/m0/s1. The number of phenols is 1. The van der Waals surface area contributed by atoms with Crippen LogP contribution in [0.2, 0.25) is 0 Å². The van der Waals surface area contributed by atoms with Crippen LogP contribution in [0.5, 0.6) is 5.75 Å². The summed E-state index contributed by atoms with van der Waals surface area (Å²) in [7, 11) is 0. The van der Waals surface area contributed by atoms with E-state index in [1.807, 2.05) is 19.1 Å². The molecule has 1 atom stereocenters. The minimum atomic E-state index is -0.801. The van der Waals surface area contributed by atoms with Gasteiger partial charge in [-0.1, -0.05) is 19.1 Å². The molecule has 0 amide bonds. The zero-order valence-electron chi connectivity index (χ0n) is 9.31. The molecule has 0 radical (unpaired) electrons. The van der Waals surface area contributed by atoms with Crippen molar-refractivity contribution in [1.82, 2.24) is 5.32 Å². The average molecular weight is 223 g/mol. The number of hydrogen-bond donors (Lipinski definition) is 3. The summed E-state index contributed by atoms with van der Waals surface area (Å²) in [6.45, 7) is 2.70. The quantitative estimate of drug-likeness (QED) is 0.681. The van der Waals surface area contributed by atoms with Crippen molar-refractivity contribution < 1.29 is 15.0 Å². The predicted octanol–water partition coefficient (Wildman–Crippen LogP) is 1.39. The first-order valence-electron chi connectivity index (χ1n) is 5.35. The van der Waals surface area contributed by atoms with E-state index >= 15 is 0 Å². The Bertz CT molecular complexity index is 335. The lowest BCUT2D eigenvalue weighted by Gasteiger charge is -2.15. The number of aromatic hydroxyl groups is 1. The summed E-state index contributed by atoms with van der Waals surface area (Å²) in [5.41, 5.74) is 1.02. The molecule has 0 aromatic heterocycles. The van der Waals surface area contributed by atoms with Gasteiger partial charge >= 0.3 is 5.97 Å². The average Bonchev–Trinajstić information content (AvgIpc) is 2.21. The second-order valence-corrected chi connectivity index (χ2v) is 3.72. The topological polar surface area (TPSA) is 69.6 Å². The molecule has 0 heterocycles. The van der Waals surface area contributed by atoms with E-state index in [1.54, 1.807) is 12.1 Å². The lowest BCUT2D eigenvalue weighted by molar-refractivity contribution is -0.137. The van der Waals surface area contributed by atoms with Crippen LogP contribution < -0.4 is 5.32 Å². The third-order valence-corrected chi connectivity index (χ3v) is 2.33. The van der Waals surface area contributed by atoms with Crippen LogP contribution in [0.4, 0.5) is 0 Å². The first-order valence-corrected chi connectivity index (χ1v) is 5.35. The van der Waals surface area contributed by atoms with E-state index in [9.17, 15) is 4.79 Å². The Balaban J connectivity index is 2.59. The molecular formula is C12H17NO3. The molecular weight excluding hydrogens is 206 g/mol. The van der Waals surface area contributed by atoms with Crippen LogP contribution in [0, 0.1) is 0 Å². The zero-order valence-corrected chi connectivity index (χ0v) is 9.31. The molecule has 16 heavy (non-hydrogen) atoms. The Morgan fingerprint density at radius 2 is 2.00 bits per heavy atom. The fourth-order valence-electron chi connectivity index (χ4n) is 1.63. The Morgan fingerprint density at radius 1 is 1.38 bits per heavy atom. The van der Waals surface area contributed by atoms with E-state index in [0.29, 0.717) is 6.42 Å². The Morgan fingerprint density at radius 3 is 2.50 bits per heavy atom. The van der Waals surface area contributed by atoms with E-state index in [4.69, 9.17) is 10.2 Å². The van der Waals surface area contributed by atoms with Crippen molar-refractivity contribution in [3.63, 3.8) is 0 Å². The van der Waals surface area contributed by atoms with Gasteiger partial charge in [-0.15, -0.1) is 0 Å². The number of hydrogen-bond acceptors (Lipinski definition) is 3. The van der Waals surface area contributed by atoms with Crippen molar-refractivity contribution in [2.75, 3.05) is 6.54 Å². The third kappa shape index (κ3) is 4.31. The maximum absolute atomic E-state index is 10.6. The predicted molar refractivity (Wildman–Crippen MR) is 61.5 cm³/mol. The molecule has 0 unspecified atom stereocenters. The molecule has 88 valence electrons. The van der Waals surface area contributed by atoms with Crippen molar-refractivity contribution in [1.29, 1.82) is 0 Å². The molecule has 4 nitrogen and oxygen atoms in total. The maximum atomic E-state index is 10.6. The molecule has 1 aromatic rings. The van der Waals surface area contributed by atoms with Gasteiger partial charge in [-0.3, -0.25) is 4.79 Å². The minimum absolute atomic E-state index is 0.0629. The molecule has 0 aliphatic rings. The van der Waals surface area contributed by atoms with Crippen LogP contribution in [0.15, 0.2) is 24.3 Å². The van der Waals surface area contributed by atoms with Gasteiger partial charge in [0.1, 0.15) is 5.75 Å². The normalized spacial score (nSPS) is 12.3. The molecule has 3 N–H and O–H groups in total. The first kappa shape index (κ1) is 12.5. The number of phenolic OH excluding ortho intramolecular Hbond substituents is 1. The van der Waals surface area contributed by atoms with Crippen molar-refractivity contribution in [3.05, 3.63) is 29.8 Å². The fourth-order valence-corrected chi connectivity index (χ4v) is 1.63. The van der Waals surface area contributed by atoms with E-state index in [1.165, 1.54) is 0 Å². The molecule has 1 rings (SSSR count). The van der Waals surface area contributed by atoms with Gasteiger partial charge in [0.15, 0.2) is 0 Å². The number of aliphatic carboxylic acids is 1. The summed E-state index contributed by atoms with van der Waals surface area (Å²) in [4.78, 5) is 10.6. The molecule has 0 spiro atoms. The van der Waals surface area contributed by atoms with Gasteiger partial charge in [-0.25, -0.2) is 0 Å². The molecule has 1 aromatic carbocycles.